The summed E-state index contributed by atoms with van der Waals surface area (Å²) < 4.78 is 0. The van der Waals surface area contributed by atoms with Gasteiger partial charge < -0.3 is 10.6 Å². The molecule has 5 heteroatoms. The van der Waals surface area contributed by atoms with Crippen LogP contribution in [0.1, 0.15) is 32.1 Å². The topological polar surface area (TPSA) is 49.6 Å². The number of nitrogens with two attached hydrogens (primary N) is 1. The molecular formula is C15H27N3OS. The Morgan fingerprint density at radius 3 is 2.60 bits per heavy atom. The fourth-order valence-corrected chi connectivity index (χ4v) is 3.91. The maximum atomic E-state index is 12.1. The Bertz CT molecular complexity index is 374. The molecule has 2 aliphatic rings. The maximum Gasteiger partial charge on any atom is 0.236 e. The van der Waals surface area contributed by atoms with E-state index in [9.17, 15) is 4.79 Å². The van der Waals surface area contributed by atoms with Gasteiger partial charge in [-0.15, -0.1) is 0 Å². The third kappa shape index (κ3) is 4.16. The Kier molecular flexibility index (Phi) is 5.38. The van der Waals surface area contributed by atoms with Gasteiger partial charge in [-0.1, -0.05) is 18.6 Å². The van der Waals surface area contributed by atoms with Gasteiger partial charge in [-0.05, 0) is 44.1 Å². The molecule has 0 aromatic heterocycles. The lowest BCUT2D eigenvalue weighted by Crippen LogP contribution is -2.40. The van der Waals surface area contributed by atoms with Gasteiger partial charge >= 0.3 is 0 Å². The van der Waals surface area contributed by atoms with Gasteiger partial charge in [0, 0.05) is 26.6 Å². The summed E-state index contributed by atoms with van der Waals surface area (Å²) in [4.78, 5) is 16.5. The first-order chi connectivity index (χ1) is 9.45. The first-order valence-electron chi connectivity index (χ1n) is 7.66. The number of carbonyl (C=O) groups excluding carboxylic acids is 1. The van der Waals surface area contributed by atoms with Crippen molar-refractivity contribution >= 4 is 23.1 Å². The van der Waals surface area contributed by atoms with Crippen molar-refractivity contribution in [3.8, 4) is 0 Å². The van der Waals surface area contributed by atoms with Gasteiger partial charge in [0.1, 0.15) is 0 Å². The molecule has 1 amide bonds. The van der Waals surface area contributed by atoms with E-state index in [1.807, 2.05) is 7.05 Å². The molecule has 0 saturated heterocycles. The van der Waals surface area contributed by atoms with Crippen molar-refractivity contribution in [1.29, 1.82) is 0 Å². The minimum atomic E-state index is 0.159. The molecule has 0 spiro atoms. The minimum Gasteiger partial charge on any atom is -0.393 e. The SMILES string of the molecule is CN(CC(=O)N(C)CCC(N)=S)CC1CC2CCC1C2. The summed E-state index contributed by atoms with van der Waals surface area (Å²) in [5.41, 5.74) is 5.47. The van der Waals surface area contributed by atoms with Gasteiger partial charge in [-0.3, -0.25) is 9.69 Å². The summed E-state index contributed by atoms with van der Waals surface area (Å²) in [6.07, 6.45) is 6.25. The minimum absolute atomic E-state index is 0.159. The first-order valence-corrected chi connectivity index (χ1v) is 8.07. The number of nitrogens with zero attached hydrogens (tertiary/aromatic N) is 2. The monoisotopic (exact) mass is 297 g/mol. The van der Waals surface area contributed by atoms with Crippen LogP contribution < -0.4 is 5.73 Å². The van der Waals surface area contributed by atoms with E-state index in [1.54, 1.807) is 4.90 Å². The smallest absolute Gasteiger partial charge is 0.236 e. The third-order valence-electron chi connectivity index (χ3n) is 4.96. The highest BCUT2D eigenvalue weighted by Gasteiger charge is 2.39. The molecule has 2 N–H and O–H groups in total. The Hall–Kier alpha value is -0.680. The van der Waals surface area contributed by atoms with Crippen LogP contribution in [0.5, 0.6) is 0 Å². The number of rotatable bonds is 7. The second-order valence-corrected chi connectivity index (χ2v) is 7.19. The second-order valence-electron chi connectivity index (χ2n) is 6.66. The van der Waals surface area contributed by atoms with E-state index >= 15 is 0 Å². The molecule has 0 radical (unpaired) electrons. The molecule has 2 fully saturated rings. The van der Waals surface area contributed by atoms with Crippen molar-refractivity contribution < 1.29 is 4.79 Å². The molecule has 4 nitrogen and oxygen atoms in total. The summed E-state index contributed by atoms with van der Waals surface area (Å²) in [7, 11) is 3.89. The molecular weight excluding hydrogens is 270 g/mol. The summed E-state index contributed by atoms with van der Waals surface area (Å²) in [6.45, 7) is 2.19. The van der Waals surface area contributed by atoms with Crippen LogP contribution in [0, 0.1) is 17.8 Å². The lowest BCUT2D eigenvalue weighted by atomic mass is 9.88. The van der Waals surface area contributed by atoms with Crippen molar-refractivity contribution in [3.05, 3.63) is 0 Å². The Morgan fingerprint density at radius 1 is 1.30 bits per heavy atom. The quantitative estimate of drug-likeness (QED) is 0.723. The van der Waals surface area contributed by atoms with Gasteiger partial charge in [0.2, 0.25) is 5.91 Å². The Morgan fingerprint density at radius 2 is 2.05 bits per heavy atom. The summed E-state index contributed by atoms with van der Waals surface area (Å²) >= 11 is 4.84. The van der Waals surface area contributed by atoms with Crippen molar-refractivity contribution in [2.75, 3.05) is 33.7 Å². The average Bonchev–Trinajstić information content (AvgIpc) is 2.97. The largest absolute Gasteiger partial charge is 0.393 e. The number of fused-ring (bicyclic) bond motifs is 2. The van der Waals surface area contributed by atoms with Crippen LogP contribution in [-0.4, -0.2) is 54.4 Å². The average molecular weight is 297 g/mol. The summed E-state index contributed by atoms with van der Waals surface area (Å²) in [6, 6.07) is 0. The van der Waals surface area contributed by atoms with Crippen LogP contribution in [0.25, 0.3) is 0 Å². The summed E-state index contributed by atoms with van der Waals surface area (Å²) in [5.74, 6) is 2.87. The molecule has 2 bridgehead atoms. The maximum absolute atomic E-state index is 12.1. The van der Waals surface area contributed by atoms with Gasteiger partial charge in [0.25, 0.3) is 0 Å². The van der Waals surface area contributed by atoms with Gasteiger partial charge in [0.15, 0.2) is 0 Å². The van der Waals surface area contributed by atoms with Crippen molar-refractivity contribution in [2.45, 2.75) is 32.1 Å². The molecule has 2 rings (SSSR count). The number of amides is 1. The second kappa shape index (κ2) is 6.85. The molecule has 0 aromatic carbocycles. The van der Waals surface area contributed by atoms with Crippen LogP contribution in [0.4, 0.5) is 0 Å². The van der Waals surface area contributed by atoms with Crippen molar-refractivity contribution in [2.24, 2.45) is 23.5 Å². The third-order valence-corrected chi connectivity index (χ3v) is 5.16. The number of hydrogen-bond acceptors (Lipinski definition) is 3. The van der Waals surface area contributed by atoms with Crippen molar-refractivity contribution in [3.63, 3.8) is 0 Å². The van der Waals surface area contributed by atoms with Crippen LogP contribution in [-0.2, 0) is 4.79 Å². The normalized spacial score (nSPS) is 28.1. The molecule has 114 valence electrons. The lowest BCUT2D eigenvalue weighted by molar-refractivity contribution is -0.130. The zero-order valence-electron chi connectivity index (χ0n) is 12.7. The van der Waals surface area contributed by atoms with E-state index in [-0.39, 0.29) is 5.91 Å². The zero-order chi connectivity index (χ0) is 14.7. The highest BCUT2D eigenvalue weighted by atomic mass is 32.1. The summed E-state index contributed by atoms with van der Waals surface area (Å²) in [5, 5.41) is 0. The number of likely N-dealkylation sites (N-methyl/N-ethyl adjacent to an activating group) is 2. The number of hydrogen-bond donors (Lipinski definition) is 1. The first kappa shape index (κ1) is 15.7. The molecule has 0 heterocycles. The molecule has 0 aliphatic heterocycles. The molecule has 0 aromatic rings. The van der Waals surface area contributed by atoms with Crippen LogP contribution >= 0.6 is 12.2 Å². The lowest BCUT2D eigenvalue weighted by Gasteiger charge is -2.28. The van der Waals surface area contributed by atoms with E-state index in [0.717, 1.165) is 24.3 Å². The van der Waals surface area contributed by atoms with Gasteiger partial charge in [0.05, 0.1) is 11.5 Å². The molecule has 2 aliphatic carbocycles. The van der Waals surface area contributed by atoms with E-state index in [4.69, 9.17) is 18.0 Å². The highest BCUT2D eigenvalue weighted by Crippen LogP contribution is 2.48. The van der Waals surface area contributed by atoms with Crippen LogP contribution in [0.3, 0.4) is 0 Å². The fourth-order valence-electron chi connectivity index (χ4n) is 3.82. The van der Waals surface area contributed by atoms with Gasteiger partial charge in [-0.25, -0.2) is 0 Å². The van der Waals surface area contributed by atoms with Gasteiger partial charge in [-0.2, -0.15) is 0 Å². The van der Waals surface area contributed by atoms with E-state index in [1.165, 1.54) is 25.7 Å². The van der Waals surface area contributed by atoms with Crippen LogP contribution in [0.15, 0.2) is 0 Å². The zero-order valence-corrected chi connectivity index (χ0v) is 13.5. The molecule has 3 atom stereocenters. The molecule has 20 heavy (non-hydrogen) atoms. The van der Waals surface area contributed by atoms with Crippen LogP contribution in [0.2, 0.25) is 0 Å². The predicted octanol–water partition coefficient (Wildman–Crippen LogP) is 1.49. The fraction of sp³-hybridized carbons (Fsp3) is 0.867. The highest BCUT2D eigenvalue weighted by molar-refractivity contribution is 7.80. The Labute approximate surface area is 127 Å². The molecule has 2 saturated carbocycles. The van der Waals surface area contributed by atoms with Crippen molar-refractivity contribution in [1.82, 2.24) is 9.80 Å². The predicted molar refractivity (Wildman–Crippen MR) is 85.5 cm³/mol. The number of carbonyl (C=O) groups is 1. The van der Waals surface area contributed by atoms with E-state index in [0.29, 0.717) is 24.5 Å². The van der Waals surface area contributed by atoms with E-state index < -0.39 is 0 Å². The number of thiocarbonyl (C=S) groups is 1. The molecule has 3 unspecified atom stereocenters. The van der Waals surface area contributed by atoms with E-state index in [2.05, 4.69) is 11.9 Å². The standard InChI is InChI=1S/C15H27N3OS/c1-17(9-13-8-11-3-4-12(13)7-11)10-15(19)18(2)6-5-14(16)20/h11-13H,3-10H2,1-2H3,(H2,16,20). The Balaban J connectivity index is 1.69.